The first kappa shape index (κ1) is 18.1. The van der Waals surface area contributed by atoms with E-state index in [9.17, 15) is 9.90 Å². The molecule has 0 saturated heterocycles. The van der Waals surface area contributed by atoms with E-state index in [1.807, 2.05) is 33.8 Å². The molecular formula is C17H25N5O2. The lowest BCUT2D eigenvalue weighted by molar-refractivity contribution is 0.0944. The minimum absolute atomic E-state index is 0.0923. The summed E-state index contributed by atoms with van der Waals surface area (Å²) in [5.41, 5.74) is 2.91. The maximum absolute atomic E-state index is 12.4. The van der Waals surface area contributed by atoms with Crippen LogP contribution in [0, 0.1) is 13.8 Å². The molecule has 0 bridgehead atoms. The average molecular weight is 331 g/mol. The van der Waals surface area contributed by atoms with Crippen molar-refractivity contribution in [3.8, 4) is 5.95 Å². The molecule has 7 heteroatoms. The Labute approximate surface area is 142 Å². The van der Waals surface area contributed by atoms with Gasteiger partial charge in [0.05, 0.1) is 17.4 Å². The van der Waals surface area contributed by atoms with Crippen LogP contribution in [0.5, 0.6) is 0 Å². The summed E-state index contributed by atoms with van der Waals surface area (Å²) >= 11 is 0. The molecule has 2 heterocycles. The average Bonchev–Trinajstić information content (AvgIpc) is 2.91. The third-order valence-electron chi connectivity index (χ3n) is 3.56. The minimum Gasteiger partial charge on any atom is -0.393 e. The van der Waals surface area contributed by atoms with Crippen molar-refractivity contribution in [3.63, 3.8) is 0 Å². The first-order valence-electron chi connectivity index (χ1n) is 8.16. The van der Waals surface area contributed by atoms with Crippen LogP contribution in [0.25, 0.3) is 5.95 Å². The molecule has 0 spiro atoms. The summed E-state index contributed by atoms with van der Waals surface area (Å²) in [6.45, 7) is 9.88. The van der Waals surface area contributed by atoms with Gasteiger partial charge in [-0.2, -0.15) is 5.10 Å². The van der Waals surface area contributed by atoms with Crippen molar-refractivity contribution in [2.45, 2.75) is 53.1 Å². The summed E-state index contributed by atoms with van der Waals surface area (Å²) in [5.74, 6) is 0.349. The second-order valence-corrected chi connectivity index (χ2v) is 6.37. The molecule has 130 valence electrons. The topological polar surface area (TPSA) is 92.9 Å². The molecule has 0 aliphatic rings. The van der Waals surface area contributed by atoms with E-state index in [4.69, 9.17) is 0 Å². The van der Waals surface area contributed by atoms with Gasteiger partial charge >= 0.3 is 0 Å². The Morgan fingerprint density at radius 3 is 2.42 bits per heavy atom. The van der Waals surface area contributed by atoms with E-state index >= 15 is 0 Å². The van der Waals surface area contributed by atoms with Crippen LogP contribution in [-0.4, -0.2) is 43.4 Å². The highest BCUT2D eigenvalue weighted by Crippen LogP contribution is 2.19. The molecule has 0 saturated carbocycles. The van der Waals surface area contributed by atoms with E-state index in [1.165, 1.54) is 0 Å². The van der Waals surface area contributed by atoms with Gasteiger partial charge in [0.25, 0.3) is 11.9 Å². The summed E-state index contributed by atoms with van der Waals surface area (Å²) in [7, 11) is 0. The molecule has 24 heavy (non-hydrogen) atoms. The Balaban J connectivity index is 2.31. The number of hydrogen-bond donors (Lipinski definition) is 2. The van der Waals surface area contributed by atoms with Crippen LogP contribution < -0.4 is 5.32 Å². The molecule has 1 atom stereocenters. The first-order chi connectivity index (χ1) is 11.3. The molecule has 0 radical (unpaired) electrons. The van der Waals surface area contributed by atoms with Gasteiger partial charge in [-0.1, -0.05) is 13.8 Å². The zero-order chi connectivity index (χ0) is 17.9. The normalized spacial score (nSPS) is 12.5. The van der Waals surface area contributed by atoms with Gasteiger partial charge in [0, 0.05) is 24.1 Å². The predicted octanol–water partition coefficient (Wildman–Crippen LogP) is 1.90. The number of carbonyl (C=O) groups excluding carboxylic acids is 1. The number of nitrogens with zero attached hydrogens (tertiary/aromatic N) is 4. The molecule has 0 aromatic carbocycles. The first-order valence-corrected chi connectivity index (χ1v) is 8.16. The third kappa shape index (κ3) is 4.38. The molecule has 7 nitrogen and oxygen atoms in total. The second-order valence-electron chi connectivity index (χ2n) is 6.37. The Morgan fingerprint density at radius 2 is 1.88 bits per heavy atom. The number of aromatic nitrogens is 4. The summed E-state index contributed by atoms with van der Waals surface area (Å²) in [4.78, 5) is 21.2. The van der Waals surface area contributed by atoms with Gasteiger partial charge < -0.3 is 10.4 Å². The van der Waals surface area contributed by atoms with Gasteiger partial charge in [-0.15, -0.1) is 0 Å². The van der Waals surface area contributed by atoms with E-state index in [-0.39, 0.29) is 11.8 Å². The fourth-order valence-electron chi connectivity index (χ4n) is 2.39. The van der Waals surface area contributed by atoms with Crippen LogP contribution in [0.1, 0.15) is 60.5 Å². The monoisotopic (exact) mass is 331 g/mol. The predicted molar refractivity (Wildman–Crippen MR) is 91.3 cm³/mol. The Morgan fingerprint density at radius 1 is 1.25 bits per heavy atom. The minimum atomic E-state index is -0.443. The van der Waals surface area contributed by atoms with Crippen molar-refractivity contribution >= 4 is 5.91 Å². The summed E-state index contributed by atoms with van der Waals surface area (Å²) < 4.78 is 1.55. The summed E-state index contributed by atoms with van der Waals surface area (Å²) in [6, 6.07) is 1.89. The van der Waals surface area contributed by atoms with Crippen LogP contribution in [-0.2, 0) is 0 Å². The third-order valence-corrected chi connectivity index (χ3v) is 3.56. The van der Waals surface area contributed by atoms with E-state index in [1.54, 1.807) is 17.8 Å². The summed E-state index contributed by atoms with van der Waals surface area (Å²) in [6.07, 6.45) is 1.74. The van der Waals surface area contributed by atoms with Crippen molar-refractivity contribution in [1.29, 1.82) is 0 Å². The number of aliphatic hydroxyl groups excluding tert-OH is 1. The van der Waals surface area contributed by atoms with E-state index in [0.29, 0.717) is 30.2 Å². The molecule has 1 unspecified atom stereocenters. The van der Waals surface area contributed by atoms with Crippen LogP contribution >= 0.6 is 0 Å². The standard InChI is InChI=1S/C17H25N5O2/c1-10(2)15-14(16(24)18-7-6-13(5)23)9-22(21-15)17-19-11(3)8-12(4)20-17/h8-10,13,23H,6-7H2,1-5H3,(H,18,24). The molecule has 2 rings (SSSR count). The van der Waals surface area contributed by atoms with E-state index in [0.717, 1.165) is 11.4 Å². The number of rotatable bonds is 6. The molecule has 0 aliphatic carbocycles. The number of aliphatic hydroxyl groups is 1. The highest BCUT2D eigenvalue weighted by atomic mass is 16.3. The van der Waals surface area contributed by atoms with Gasteiger partial charge in [-0.25, -0.2) is 14.6 Å². The van der Waals surface area contributed by atoms with Crippen molar-refractivity contribution in [1.82, 2.24) is 25.1 Å². The van der Waals surface area contributed by atoms with Crippen LogP contribution in [0.4, 0.5) is 0 Å². The van der Waals surface area contributed by atoms with Gasteiger partial charge in [-0.3, -0.25) is 4.79 Å². The molecule has 2 N–H and O–H groups in total. The van der Waals surface area contributed by atoms with Gasteiger partial charge in [-0.05, 0) is 39.2 Å². The Bertz CT molecular complexity index is 702. The van der Waals surface area contributed by atoms with Crippen molar-refractivity contribution in [3.05, 3.63) is 34.9 Å². The lowest BCUT2D eigenvalue weighted by Gasteiger charge is -2.07. The lowest BCUT2D eigenvalue weighted by atomic mass is 10.1. The van der Waals surface area contributed by atoms with Crippen LogP contribution in [0.2, 0.25) is 0 Å². The highest BCUT2D eigenvalue weighted by molar-refractivity contribution is 5.95. The van der Waals surface area contributed by atoms with E-state index < -0.39 is 6.10 Å². The Kier molecular flexibility index (Phi) is 5.66. The highest BCUT2D eigenvalue weighted by Gasteiger charge is 2.20. The zero-order valence-corrected chi connectivity index (χ0v) is 14.9. The van der Waals surface area contributed by atoms with Gasteiger partial charge in [0.15, 0.2) is 0 Å². The largest absolute Gasteiger partial charge is 0.393 e. The molecular weight excluding hydrogens is 306 g/mol. The number of carbonyl (C=O) groups is 1. The molecule has 2 aromatic heterocycles. The maximum atomic E-state index is 12.4. The zero-order valence-electron chi connectivity index (χ0n) is 14.9. The van der Waals surface area contributed by atoms with E-state index in [2.05, 4.69) is 20.4 Å². The van der Waals surface area contributed by atoms with Gasteiger partial charge in [0.1, 0.15) is 0 Å². The molecule has 0 fully saturated rings. The quantitative estimate of drug-likeness (QED) is 0.843. The summed E-state index contributed by atoms with van der Waals surface area (Å²) in [5, 5.41) is 16.6. The number of nitrogens with one attached hydrogen (secondary N) is 1. The van der Waals surface area contributed by atoms with Crippen molar-refractivity contribution in [2.24, 2.45) is 0 Å². The van der Waals surface area contributed by atoms with Crippen LogP contribution in [0.3, 0.4) is 0 Å². The van der Waals surface area contributed by atoms with Crippen LogP contribution in [0.15, 0.2) is 12.3 Å². The fourth-order valence-corrected chi connectivity index (χ4v) is 2.39. The number of amides is 1. The smallest absolute Gasteiger partial charge is 0.254 e. The lowest BCUT2D eigenvalue weighted by Crippen LogP contribution is -2.27. The number of hydrogen-bond acceptors (Lipinski definition) is 5. The van der Waals surface area contributed by atoms with Crippen molar-refractivity contribution in [2.75, 3.05) is 6.54 Å². The molecule has 2 aromatic rings. The molecule has 0 aliphatic heterocycles. The Hall–Kier alpha value is -2.28. The SMILES string of the molecule is Cc1cc(C)nc(-n2cc(C(=O)NCCC(C)O)c(C(C)C)n2)n1. The number of aryl methyl sites for hydroxylation is 2. The second kappa shape index (κ2) is 7.53. The molecule has 1 amide bonds. The maximum Gasteiger partial charge on any atom is 0.254 e. The van der Waals surface area contributed by atoms with Gasteiger partial charge in [0.2, 0.25) is 0 Å². The van der Waals surface area contributed by atoms with Crippen molar-refractivity contribution < 1.29 is 9.90 Å². The fraction of sp³-hybridized carbons (Fsp3) is 0.529.